The number of ether oxygens (including phenoxy) is 1. The number of rotatable bonds is 7. The molecule has 1 saturated heterocycles. The van der Waals surface area contributed by atoms with E-state index in [1.54, 1.807) is 25.1 Å². The normalized spacial score (nSPS) is 19.4. The number of furan rings is 1. The maximum Gasteiger partial charge on any atom is 0.338 e. The molecule has 1 fully saturated rings. The number of nitrogens with zero attached hydrogens (tertiary/aromatic N) is 2. The van der Waals surface area contributed by atoms with Crippen LogP contribution in [0.3, 0.4) is 0 Å². The van der Waals surface area contributed by atoms with Crippen LogP contribution in [0.25, 0.3) is 0 Å². The van der Waals surface area contributed by atoms with Crippen molar-refractivity contribution in [3.63, 3.8) is 0 Å². The minimum atomic E-state index is -0.857. The van der Waals surface area contributed by atoms with Crippen molar-refractivity contribution in [1.29, 1.82) is 0 Å². The summed E-state index contributed by atoms with van der Waals surface area (Å²) < 4.78 is 12.1. The van der Waals surface area contributed by atoms with Gasteiger partial charge in [0.15, 0.2) is 0 Å². The van der Waals surface area contributed by atoms with Gasteiger partial charge in [-0.25, -0.2) is 9.69 Å². The second-order valence-corrected chi connectivity index (χ2v) is 11.9. The Hall–Kier alpha value is -4.42. The van der Waals surface area contributed by atoms with E-state index in [1.807, 2.05) is 25.1 Å². The van der Waals surface area contributed by atoms with Gasteiger partial charge in [-0.3, -0.25) is 23.7 Å². The van der Waals surface area contributed by atoms with Crippen LogP contribution in [-0.2, 0) is 25.7 Å². The van der Waals surface area contributed by atoms with Crippen LogP contribution in [0.15, 0.2) is 81.2 Å². The van der Waals surface area contributed by atoms with E-state index in [-0.39, 0.29) is 23.9 Å². The summed E-state index contributed by atoms with van der Waals surface area (Å²) in [5.74, 6) is -2.85. The Kier molecular flexibility index (Phi) is 7.33. The van der Waals surface area contributed by atoms with E-state index in [0.29, 0.717) is 32.6 Å². The van der Waals surface area contributed by atoms with Crippen LogP contribution in [0.4, 0.5) is 11.4 Å². The number of amides is 3. The molecule has 2 aromatic carbocycles. The molecule has 0 bridgehead atoms. The third kappa shape index (κ3) is 4.76. The molecule has 6 rings (SSSR count). The lowest BCUT2D eigenvalue weighted by Gasteiger charge is -2.29. The highest BCUT2D eigenvalue weighted by atomic mass is 32.2. The largest absolute Gasteiger partial charge is 0.469 e. The number of esters is 1. The Bertz CT molecular complexity index is 1760. The Morgan fingerprint density at radius 1 is 1.00 bits per heavy atom. The average molecular weight is 604 g/mol. The van der Waals surface area contributed by atoms with Crippen molar-refractivity contribution < 1.29 is 28.3 Å². The molecule has 2 unspecified atom stereocenters. The molecule has 3 amide bonds. The lowest BCUT2D eigenvalue weighted by atomic mass is 9.87. The van der Waals surface area contributed by atoms with Crippen LogP contribution in [0.1, 0.15) is 39.4 Å². The third-order valence-corrected chi connectivity index (χ3v) is 9.86. The molecule has 0 aliphatic carbocycles. The molecule has 4 aromatic rings. The number of anilines is 2. The van der Waals surface area contributed by atoms with E-state index < -0.39 is 34.9 Å². The highest BCUT2D eigenvalue weighted by Crippen LogP contribution is 2.53. The summed E-state index contributed by atoms with van der Waals surface area (Å²) in [6.07, 6.45) is 1.48. The van der Waals surface area contributed by atoms with E-state index >= 15 is 0 Å². The number of nitrogens with one attached hydrogen (secondary N) is 1. The van der Waals surface area contributed by atoms with Crippen molar-refractivity contribution in [2.45, 2.75) is 36.6 Å². The second-order valence-electron chi connectivity index (χ2n) is 9.82. The molecule has 0 spiro atoms. The highest BCUT2D eigenvalue weighted by molar-refractivity contribution is 8.00. The molecule has 2 aromatic heterocycles. The second kappa shape index (κ2) is 11.1. The summed E-state index contributed by atoms with van der Waals surface area (Å²) in [7, 11) is 0. The summed E-state index contributed by atoms with van der Waals surface area (Å²) in [6, 6.07) is 16.8. The molecule has 2 aliphatic rings. The van der Waals surface area contributed by atoms with E-state index in [2.05, 4.69) is 5.32 Å². The fourth-order valence-electron chi connectivity index (χ4n) is 5.29. The zero-order valence-electron chi connectivity index (χ0n) is 22.6. The fourth-order valence-corrected chi connectivity index (χ4v) is 8.05. The first kappa shape index (κ1) is 27.7. The number of benzene rings is 2. The topological polar surface area (TPSA) is 128 Å². The van der Waals surface area contributed by atoms with Crippen molar-refractivity contribution in [2.24, 2.45) is 5.92 Å². The Morgan fingerprint density at radius 2 is 1.76 bits per heavy atom. The number of hydrogen-bond acceptors (Lipinski definition) is 9. The van der Waals surface area contributed by atoms with Gasteiger partial charge in [0.2, 0.25) is 17.7 Å². The molecule has 12 heteroatoms. The van der Waals surface area contributed by atoms with Gasteiger partial charge in [0.25, 0.3) is 0 Å². The van der Waals surface area contributed by atoms with Gasteiger partial charge in [-0.15, -0.1) is 0 Å². The van der Waals surface area contributed by atoms with Crippen molar-refractivity contribution in [1.82, 2.24) is 4.57 Å². The van der Waals surface area contributed by atoms with Gasteiger partial charge in [0.1, 0.15) is 17.6 Å². The highest BCUT2D eigenvalue weighted by Gasteiger charge is 2.57. The monoisotopic (exact) mass is 603 g/mol. The first-order valence-corrected chi connectivity index (χ1v) is 14.9. The van der Waals surface area contributed by atoms with E-state index in [1.165, 1.54) is 35.1 Å². The number of hydrogen-bond donors (Lipinski definition) is 1. The van der Waals surface area contributed by atoms with Crippen molar-refractivity contribution >= 4 is 58.2 Å². The summed E-state index contributed by atoms with van der Waals surface area (Å²) in [5.41, 5.74) is 2.15. The maximum atomic E-state index is 13.9. The van der Waals surface area contributed by atoms with E-state index in [9.17, 15) is 24.0 Å². The van der Waals surface area contributed by atoms with Crippen molar-refractivity contribution in [2.75, 3.05) is 16.8 Å². The smallest absolute Gasteiger partial charge is 0.338 e. The van der Waals surface area contributed by atoms with Crippen LogP contribution in [0.2, 0.25) is 0 Å². The van der Waals surface area contributed by atoms with Gasteiger partial charge in [-0.05, 0) is 61.9 Å². The van der Waals surface area contributed by atoms with E-state index in [4.69, 9.17) is 9.15 Å². The van der Waals surface area contributed by atoms with Gasteiger partial charge >= 0.3 is 10.8 Å². The predicted octanol–water partition coefficient (Wildman–Crippen LogP) is 4.42. The lowest BCUT2D eigenvalue weighted by molar-refractivity contribution is -0.122. The number of carbonyl (C=O) groups excluding carboxylic acids is 4. The SMILES string of the molecule is CCOC(=O)c1ccc(N2C(=O)C3Sc4c(sc(=O)n4CC(=O)Nc4ccccc4C)[C@H](c4ccco4)C3C2=O)cc1. The third-order valence-electron chi connectivity index (χ3n) is 7.26. The molecule has 10 nitrogen and oxygen atoms in total. The van der Waals surface area contributed by atoms with Crippen LogP contribution < -0.4 is 15.1 Å². The molecule has 0 saturated carbocycles. The summed E-state index contributed by atoms with van der Waals surface area (Å²) in [4.78, 5) is 67.4. The van der Waals surface area contributed by atoms with Crippen LogP contribution in [-0.4, -0.2) is 40.1 Å². The molecule has 1 N–H and O–H groups in total. The lowest BCUT2D eigenvalue weighted by Crippen LogP contribution is -2.32. The van der Waals surface area contributed by atoms with Gasteiger partial charge in [-0.2, -0.15) is 0 Å². The quantitative estimate of drug-likeness (QED) is 0.243. The fraction of sp³-hybridized carbons (Fsp3) is 0.233. The van der Waals surface area contributed by atoms with Gasteiger partial charge in [0.05, 0.1) is 45.9 Å². The standard InChI is InChI=1S/C30H25N3O7S2/c1-3-39-29(37)17-10-12-18(13-11-17)33-26(35)23-22(20-9-6-14-40-20)25-28(41-24(23)27(33)36)32(30(38)42-25)15-21(34)31-19-8-5-4-7-16(19)2/h4-14,22-24H,3,15H2,1-2H3,(H,31,34)/t22-,23?,24?/m1/s1. The van der Waals surface area contributed by atoms with Crippen LogP contribution in [0.5, 0.6) is 0 Å². The van der Waals surface area contributed by atoms with Crippen molar-refractivity contribution in [3.05, 3.63) is 98.4 Å². The number of carbonyl (C=O) groups is 4. The molecule has 2 aliphatic heterocycles. The van der Waals surface area contributed by atoms with Crippen LogP contribution >= 0.6 is 23.1 Å². The number of imide groups is 1. The van der Waals surface area contributed by atoms with Gasteiger partial charge in [-0.1, -0.05) is 41.3 Å². The summed E-state index contributed by atoms with van der Waals surface area (Å²) >= 11 is 2.06. The first-order valence-electron chi connectivity index (χ1n) is 13.2. The number of aryl methyl sites for hydroxylation is 1. The number of fused-ring (bicyclic) bond motifs is 2. The number of aromatic nitrogens is 1. The molecule has 214 valence electrons. The zero-order valence-corrected chi connectivity index (χ0v) is 24.2. The molecular formula is C30H25N3O7S2. The van der Waals surface area contributed by atoms with Gasteiger partial charge < -0.3 is 14.5 Å². The number of thiazole rings is 1. The molecule has 42 heavy (non-hydrogen) atoms. The molecule has 4 heterocycles. The van der Waals surface area contributed by atoms with E-state index in [0.717, 1.165) is 33.6 Å². The van der Waals surface area contributed by atoms with Crippen molar-refractivity contribution in [3.8, 4) is 0 Å². The maximum absolute atomic E-state index is 13.9. The Morgan fingerprint density at radius 3 is 2.45 bits per heavy atom. The van der Waals surface area contributed by atoms with Gasteiger partial charge in [0, 0.05) is 5.69 Å². The minimum absolute atomic E-state index is 0.223. The Balaban J connectivity index is 1.35. The van der Waals surface area contributed by atoms with Crippen LogP contribution in [0, 0.1) is 12.8 Å². The predicted molar refractivity (Wildman–Crippen MR) is 157 cm³/mol. The summed E-state index contributed by atoms with van der Waals surface area (Å²) in [5, 5.41) is 2.46. The first-order chi connectivity index (χ1) is 20.3. The zero-order chi connectivity index (χ0) is 29.5. The number of para-hydroxylation sites is 1. The Labute approximate surface area is 248 Å². The summed E-state index contributed by atoms with van der Waals surface area (Å²) in [6.45, 7) is 3.55. The number of thioether (sulfide) groups is 1. The molecule has 0 radical (unpaired) electrons. The minimum Gasteiger partial charge on any atom is -0.469 e. The average Bonchev–Trinajstić information content (AvgIpc) is 3.67. The molecule has 3 atom stereocenters. The molecular weight excluding hydrogens is 578 g/mol.